The Morgan fingerprint density at radius 3 is 2.12 bits per heavy atom. The normalized spacial score (nSPS) is 11.7. The van der Waals surface area contributed by atoms with Crippen LogP contribution >= 0.6 is 11.6 Å². The van der Waals surface area contributed by atoms with Crippen LogP contribution in [0.1, 0.15) is 27.4 Å². The summed E-state index contributed by atoms with van der Waals surface area (Å²) < 4.78 is 0. The monoisotopic (exact) mass is 351 g/mol. The molecule has 0 aliphatic carbocycles. The molecule has 0 heterocycles. The van der Waals surface area contributed by atoms with Crippen molar-refractivity contribution >= 4 is 23.1 Å². The van der Waals surface area contributed by atoms with Crippen molar-refractivity contribution in [3.05, 3.63) is 111 Å². The number of nitro benzene ring substituents is 1. The van der Waals surface area contributed by atoms with E-state index in [0.29, 0.717) is 16.1 Å². The molecule has 3 rings (SSSR count). The van der Waals surface area contributed by atoms with Crippen molar-refractivity contribution in [2.75, 3.05) is 0 Å². The molecule has 25 heavy (non-hydrogen) atoms. The molecular weight excluding hydrogens is 338 g/mol. The number of hydrogen-bond donors (Lipinski definition) is 0. The molecule has 1 atom stereocenters. The zero-order valence-electron chi connectivity index (χ0n) is 13.1. The molecule has 0 saturated carbocycles. The van der Waals surface area contributed by atoms with Crippen LogP contribution in [0.25, 0.3) is 0 Å². The van der Waals surface area contributed by atoms with Gasteiger partial charge in [0.1, 0.15) is 0 Å². The van der Waals surface area contributed by atoms with Crippen molar-refractivity contribution in [3.63, 3.8) is 0 Å². The number of ketones is 1. The lowest BCUT2D eigenvalue weighted by Gasteiger charge is -2.17. The minimum atomic E-state index is -0.803. The van der Waals surface area contributed by atoms with Crippen LogP contribution in [0.3, 0.4) is 0 Å². The van der Waals surface area contributed by atoms with Gasteiger partial charge in [0.25, 0.3) is 5.69 Å². The number of halogens is 1. The third-order valence-corrected chi connectivity index (χ3v) is 4.19. The van der Waals surface area contributed by atoms with Gasteiger partial charge in [-0.2, -0.15) is 0 Å². The van der Waals surface area contributed by atoms with Crippen molar-refractivity contribution < 1.29 is 9.72 Å². The first-order valence-electron chi connectivity index (χ1n) is 7.66. The first kappa shape index (κ1) is 16.9. The third kappa shape index (κ3) is 3.59. The molecule has 0 spiro atoms. The second-order valence-corrected chi connectivity index (χ2v) is 5.97. The maximum Gasteiger partial charge on any atom is 0.273 e. The Morgan fingerprint density at radius 1 is 0.920 bits per heavy atom. The molecule has 5 heteroatoms. The number of benzene rings is 3. The highest BCUT2D eigenvalue weighted by atomic mass is 35.5. The summed E-state index contributed by atoms with van der Waals surface area (Å²) in [6.45, 7) is 0. The van der Waals surface area contributed by atoms with Gasteiger partial charge >= 0.3 is 0 Å². The third-order valence-electron chi connectivity index (χ3n) is 3.95. The highest BCUT2D eigenvalue weighted by Crippen LogP contribution is 2.36. The second kappa shape index (κ2) is 7.28. The van der Waals surface area contributed by atoms with Crippen LogP contribution in [0, 0.1) is 10.1 Å². The maximum atomic E-state index is 13.2. The van der Waals surface area contributed by atoms with Gasteiger partial charge in [0.05, 0.1) is 10.8 Å². The Kier molecular flexibility index (Phi) is 4.91. The predicted octanol–water partition coefficient (Wildman–Crippen LogP) is 5.26. The van der Waals surface area contributed by atoms with Gasteiger partial charge in [-0.3, -0.25) is 14.9 Å². The van der Waals surface area contributed by atoms with Crippen molar-refractivity contribution in [1.29, 1.82) is 0 Å². The first-order chi connectivity index (χ1) is 12.1. The lowest BCUT2D eigenvalue weighted by molar-refractivity contribution is -0.385. The Morgan fingerprint density at radius 2 is 1.52 bits per heavy atom. The Labute approximate surface area is 149 Å². The van der Waals surface area contributed by atoms with E-state index in [0.717, 1.165) is 0 Å². The van der Waals surface area contributed by atoms with E-state index in [9.17, 15) is 14.9 Å². The summed E-state index contributed by atoms with van der Waals surface area (Å²) in [5.74, 6) is -1.01. The quantitative estimate of drug-likeness (QED) is 0.357. The molecular formula is C20H14ClNO3. The molecule has 4 nitrogen and oxygen atoms in total. The molecule has 1 unspecified atom stereocenters. The van der Waals surface area contributed by atoms with Gasteiger partial charge in [0.2, 0.25) is 0 Å². The van der Waals surface area contributed by atoms with Gasteiger partial charge < -0.3 is 0 Å². The highest BCUT2D eigenvalue weighted by Gasteiger charge is 2.30. The molecule has 0 N–H and O–H groups in total. The second-order valence-electron chi connectivity index (χ2n) is 5.53. The lowest BCUT2D eigenvalue weighted by atomic mass is 9.84. The fourth-order valence-electron chi connectivity index (χ4n) is 2.81. The van der Waals surface area contributed by atoms with Crippen LogP contribution < -0.4 is 0 Å². The van der Waals surface area contributed by atoms with Crippen molar-refractivity contribution in [1.82, 2.24) is 0 Å². The van der Waals surface area contributed by atoms with Crippen LogP contribution in [0.4, 0.5) is 5.69 Å². The largest absolute Gasteiger partial charge is 0.293 e. The Hall–Kier alpha value is -2.98. The first-order valence-corrected chi connectivity index (χ1v) is 8.04. The summed E-state index contributed by atoms with van der Waals surface area (Å²) in [6.07, 6.45) is 0. The van der Waals surface area contributed by atoms with E-state index >= 15 is 0 Å². The number of carbonyl (C=O) groups excluding carboxylic acids is 1. The molecule has 0 bridgehead atoms. The molecule has 3 aromatic rings. The van der Waals surface area contributed by atoms with E-state index in [2.05, 4.69) is 0 Å². The van der Waals surface area contributed by atoms with E-state index in [1.807, 2.05) is 12.1 Å². The topological polar surface area (TPSA) is 60.2 Å². The van der Waals surface area contributed by atoms with Gasteiger partial charge in [-0.05, 0) is 17.7 Å². The lowest BCUT2D eigenvalue weighted by Crippen LogP contribution is -2.16. The standard InChI is InChI=1S/C20H14ClNO3/c21-16-11-12-18(22(24)25)17(13-16)19(14-7-3-1-4-8-14)20(23)15-9-5-2-6-10-15/h1-13,19H. The molecule has 124 valence electrons. The summed E-state index contributed by atoms with van der Waals surface area (Å²) in [6, 6.07) is 22.1. The average molecular weight is 352 g/mol. The van der Waals surface area contributed by atoms with Crippen LogP contribution in [0.5, 0.6) is 0 Å². The molecule has 0 aliphatic rings. The van der Waals surface area contributed by atoms with E-state index in [4.69, 9.17) is 11.6 Å². The van der Waals surface area contributed by atoms with Gasteiger partial charge in [-0.1, -0.05) is 72.3 Å². The summed E-state index contributed by atoms with van der Waals surface area (Å²) in [5.41, 5.74) is 1.34. The van der Waals surface area contributed by atoms with E-state index in [1.54, 1.807) is 48.5 Å². The number of carbonyl (C=O) groups is 1. The van der Waals surface area contributed by atoms with Crippen molar-refractivity contribution in [2.45, 2.75) is 5.92 Å². The van der Waals surface area contributed by atoms with Crippen LogP contribution in [-0.4, -0.2) is 10.7 Å². The zero-order chi connectivity index (χ0) is 17.8. The highest BCUT2D eigenvalue weighted by molar-refractivity contribution is 6.30. The minimum Gasteiger partial charge on any atom is -0.293 e. The molecule has 0 aromatic heterocycles. The number of nitro groups is 1. The smallest absolute Gasteiger partial charge is 0.273 e. The van der Waals surface area contributed by atoms with E-state index < -0.39 is 10.8 Å². The van der Waals surface area contributed by atoms with Crippen LogP contribution in [-0.2, 0) is 0 Å². The van der Waals surface area contributed by atoms with E-state index in [1.165, 1.54) is 18.2 Å². The van der Waals surface area contributed by atoms with Crippen molar-refractivity contribution in [2.24, 2.45) is 0 Å². The molecule has 3 aromatic carbocycles. The molecule has 0 fully saturated rings. The molecule has 0 radical (unpaired) electrons. The fraction of sp³-hybridized carbons (Fsp3) is 0.0500. The number of hydrogen-bond acceptors (Lipinski definition) is 3. The maximum absolute atomic E-state index is 13.2. The predicted molar refractivity (Wildman–Crippen MR) is 97.2 cm³/mol. The Balaban J connectivity index is 2.21. The summed E-state index contributed by atoms with van der Waals surface area (Å²) in [5, 5.41) is 11.8. The van der Waals surface area contributed by atoms with Crippen LogP contribution in [0.15, 0.2) is 78.9 Å². The average Bonchev–Trinajstić information content (AvgIpc) is 2.63. The number of rotatable bonds is 5. The summed E-state index contributed by atoms with van der Waals surface area (Å²) in [7, 11) is 0. The fourth-order valence-corrected chi connectivity index (χ4v) is 2.99. The van der Waals surface area contributed by atoms with Crippen LogP contribution in [0.2, 0.25) is 5.02 Å². The van der Waals surface area contributed by atoms with Gasteiger partial charge in [-0.25, -0.2) is 0 Å². The molecule has 0 saturated heterocycles. The van der Waals surface area contributed by atoms with Gasteiger partial charge in [0.15, 0.2) is 5.78 Å². The number of nitrogens with zero attached hydrogens (tertiary/aromatic N) is 1. The van der Waals surface area contributed by atoms with Gasteiger partial charge in [0, 0.05) is 22.2 Å². The molecule has 0 aliphatic heterocycles. The summed E-state index contributed by atoms with van der Waals surface area (Å²) >= 11 is 6.07. The molecule has 0 amide bonds. The van der Waals surface area contributed by atoms with Crippen molar-refractivity contribution in [3.8, 4) is 0 Å². The van der Waals surface area contributed by atoms with E-state index in [-0.39, 0.29) is 17.0 Å². The SMILES string of the molecule is O=C(c1ccccc1)C(c1ccccc1)c1cc(Cl)ccc1[N+](=O)[O-]. The van der Waals surface area contributed by atoms with Gasteiger partial charge in [-0.15, -0.1) is 0 Å². The zero-order valence-corrected chi connectivity index (χ0v) is 13.9. The minimum absolute atomic E-state index is 0.123. The summed E-state index contributed by atoms with van der Waals surface area (Å²) in [4.78, 5) is 24.2. The Bertz CT molecular complexity index is 911. The number of Topliss-reactive ketones (excluding diaryl/α,β-unsaturated/α-hetero) is 1.